The molecule has 0 spiro atoms. The molecule has 1 aliphatic rings. The largest absolute Gasteiger partial charge is 0.378 e. The maximum atomic E-state index is 11.9. The molecule has 3 rings (SSSR count). The van der Waals surface area contributed by atoms with Crippen molar-refractivity contribution in [1.29, 1.82) is 0 Å². The summed E-state index contributed by atoms with van der Waals surface area (Å²) in [6.45, 7) is 1.45. The van der Waals surface area contributed by atoms with Gasteiger partial charge in [-0.1, -0.05) is 23.7 Å². The van der Waals surface area contributed by atoms with E-state index < -0.39 is 0 Å². The molecule has 1 amide bonds. The highest BCUT2D eigenvalue weighted by Crippen LogP contribution is 2.30. The molecule has 2 heterocycles. The fraction of sp³-hybridized carbons (Fsp3) is 0.286. The number of thiazole rings is 1. The molecule has 0 radical (unpaired) electrons. The molecule has 0 saturated carbocycles. The number of carbonyl (C=O) groups excluding carboxylic acids is 1. The number of hydrogen-bond acceptors (Lipinski definition) is 4. The number of halogens is 1. The Bertz CT molecular complexity index is 628. The zero-order valence-corrected chi connectivity index (χ0v) is 12.4. The van der Waals surface area contributed by atoms with Crippen LogP contribution in [0.25, 0.3) is 0 Å². The standard InChI is InChI=1S/C14H14ClN3OS/c15-14-17-9-10(20-14)8-16-11-4-1-2-5-12(11)18-7-3-6-13(18)19/h1-2,4-5,9,16H,3,6-8H2. The first-order chi connectivity index (χ1) is 9.74. The van der Waals surface area contributed by atoms with E-state index >= 15 is 0 Å². The third kappa shape index (κ3) is 2.78. The molecular formula is C14H14ClN3OS. The fourth-order valence-corrected chi connectivity index (χ4v) is 3.23. The predicted molar refractivity (Wildman–Crippen MR) is 82.5 cm³/mol. The average Bonchev–Trinajstić information content (AvgIpc) is 3.05. The van der Waals surface area contributed by atoms with Gasteiger partial charge in [0.15, 0.2) is 4.47 Å². The molecule has 1 N–H and O–H groups in total. The van der Waals surface area contributed by atoms with Crippen LogP contribution in [-0.4, -0.2) is 17.4 Å². The van der Waals surface area contributed by atoms with Crippen molar-refractivity contribution in [1.82, 2.24) is 4.98 Å². The molecular weight excluding hydrogens is 294 g/mol. The molecule has 4 nitrogen and oxygen atoms in total. The minimum atomic E-state index is 0.195. The first kappa shape index (κ1) is 13.4. The zero-order valence-electron chi connectivity index (χ0n) is 10.8. The van der Waals surface area contributed by atoms with Crippen LogP contribution >= 0.6 is 22.9 Å². The van der Waals surface area contributed by atoms with E-state index in [1.165, 1.54) is 11.3 Å². The van der Waals surface area contributed by atoms with Crippen molar-refractivity contribution in [3.05, 3.63) is 39.8 Å². The van der Waals surface area contributed by atoms with Crippen molar-refractivity contribution in [2.75, 3.05) is 16.8 Å². The summed E-state index contributed by atoms with van der Waals surface area (Å²) in [5, 5.41) is 3.36. The number of nitrogens with zero attached hydrogens (tertiary/aromatic N) is 2. The molecule has 0 bridgehead atoms. The molecule has 1 aliphatic heterocycles. The van der Waals surface area contributed by atoms with Gasteiger partial charge >= 0.3 is 0 Å². The fourth-order valence-electron chi connectivity index (χ4n) is 2.31. The number of rotatable bonds is 4. The third-order valence-corrected chi connectivity index (χ3v) is 4.36. The van der Waals surface area contributed by atoms with Crippen LogP contribution in [0.15, 0.2) is 30.5 Å². The van der Waals surface area contributed by atoms with Crippen LogP contribution in [0, 0.1) is 0 Å². The maximum absolute atomic E-state index is 11.9. The third-order valence-electron chi connectivity index (χ3n) is 3.25. The van der Waals surface area contributed by atoms with Crippen molar-refractivity contribution < 1.29 is 4.79 Å². The van der Waals surface area contributed by atoms with E-state index in [2.05, 4.69) is 10.3 Å². The van der Waals surface area contributed by atoms with Crippen LogP contribution in [0.5, 0.6) is 0 Å². The Morgan fingerprint density at radius 2 is 2.25 bits per heavy atom. The molecule has 0 atom stereocenters. The number of carbonyl (C=O) groups is 1. The molecule has 1 aromatic heterocycles. The van der Waals surface area contributed by atoms with E-state index in [0.29, 0.717) is 17.4 Å². The first-order valence-corrected chi connectivity index (χ1v) is 7.67. The van der Waals surface area contributed by atoms with Crippen molar-refractivity contribution in [3.63, 3.8) is 0 Å². The normalized spacial score (nSPS) is 14.8. The van der Waals surface area contributed by atoms with Gasteiger partial charge < -0.3 is 10.2 Å². The lowest BCUT2D eigenvalue weighted by Gasteiger charge is -2.20. The summed E-state index contributed by atoms with van der Waals surface area (Å²) in [4.78, 5) is 18.8. The van der Waals surface area contributed by atoms with Gasteiger partial charge in [0.1, 0.15) is 0 Å². The minimum absolute atomic E-state index is 0.195. The Hall–Kier alpha value is -1.59. The summed E-state index contributed by atoms with van der Waals surface area (Å²) in [6, 6.07) is 7.89. The quantitative estimate of drug-likeness (QED) is 0.939. The molecule has 1 fully saturated rings. The second-order valence-corrected chi connectivity index (χ2v) is 6.30. The van der Waals surface area contributed by atoms with Gasteiger partial charge in [-0.2, -0.15) is 0 Å². The van der Waals surface area contributed by atoms with E-state index in [4.69, 9.17) is 11.6 Å². The SMILES string of the molecule is O=C1CCCN1c1ccccc1NCc1cnc(Cl)s1. The van der Waals surface area contributed by atoms with Gasteiger partial charge in [-0.25, -0.2) is 4.98 Å². The average molecular weight is 308 g/mol. The lowest BCUT2D eigenvalue weighted by molar-refractivity contribution is -0.117. The van der Waals surface area contributed by atoms with Crippen LogP contribution in [0.3, 0.4) is 0 Å². The predicted octanol–water partition coefficient (Wildman–Crippen LogP) is 3.54. The summed E-state index contributed by atoms with van der Waals surface area (Å²) >= 11 is 7.28. The second kappa shape index (κ2) is 5.81. The van der Waals surface area contributed by atoms with Crippen LogP contribution in [0.2, 0.25) is 4.47 Å². The summed E-state index contributed by atoms with van der Waals surface area (Å²) in [5.74, 6) is 0.195. The van der Waals surface area contributed by atoms with Gasteiger partial charge in [0.05, 0.1) is 17.9 Å². The highest BCUT2D eigenvalue weighted by atomic mass is 35.5. The number of benzene rings is 1. The monoisotopic (exact) mass is 307 g/mol. The second-order valence-electron chi connectivity index (χ2n) is 4.60. The van der Waals surface area contributed by atoms with Crippen molar-refractivity contribution in [3.8, 4) is 0 Å². The lowest BCUT2D eigenvalue weighted by atomic mass is 10.2. The van der Waals surface area contributed by atoms with Gasteiger partial charge in [0.25, 0.3) is 0 Å². The van der Waals surface area contributed by atoms with Crippen LogP contribution < -0.4 is 10.2 Å². The molecule has 6 heteroatoms. The van der Waals surface area contributed by atoms with Gasteiger partial charge in [-0.15, -0.1) is 11.3 Å². The number of aromatic nitrogens is 1. The van der Waals surface area contributed by atoms with E-state index in [1.54, 1.807) is 6.20 Å². The van der Waals surface area contributed by atoms with Gasteiger partial charge in [-0.3, -0.25) is 4.79 Å². The van der Waals surface area contributed by atoms with Crippen molar-refractivity contribution in [2.24, 2.45) is 0 Å². The molecule has 0 aliphatic carbocycles. The molecule has 2 aromatic rings. The topological polar surface area (TPSA) is 45.2 Å². The van der Waals surface area contributed by atoms with Crippen LogP contribution in [-0.2, 0) is 11.3 Å². The molecule has 1 saturated heterocycles. The summed E-state index contributed by atoms with van der Waals surface area (Å²) in [5.41, 5.74) is 1.91. The summed E-state index contributed by atoms with van der Waals surface area (Å²) in [6.07, 6.45) is 3.33. The number of hydrogen-bond donors (Lipinski definition) is 1. The Morgan fingerprint density at radius 3 is 2.95 bits per heavy atom. The number of amides is 1. The smallest absolute Gasteiger partial charge is 0.227 e. The van der Waals surface area contributed by atoms with Crippen molar-refractivity contribution >= 4 is 40.2 Å². The number of para-hydroxylation sites is 2. The highest BCUT2D eigenvalue weighted by Gasteiger charge is 2.23. The maximum Gasteiger partial charge on any atom is 0.227 e. The highest BCUT2D eigenvalue weighted by molar-refractivity contribution is 7.15. The first-order valence-electron chi connectivity index (χ1n) is 6.47. The Kier molecular flexibility index (Phi) is 3.89. The van der Waals surface area contributed by atoms with Gasteiger partial charge in [0.2, 0.25) is 5.91 Å². The number of nitrogens with one attached hydrogen (secondary N) is 1. The van der Waals surface area contributed by atoms with E-state index in [1.807, 2.05) is 29.2 Å². The zero-order chi connectivity index (χ0) is 13.9. The van der Waals surface area contributed by atoms with E-state index in [-0.39, 0.29) is 5.91 Å². The number of anilines is 2. The Labute approximate surface area is 126 Å². The Morgan fingerprint density at radius 1 is 1.40 bits per heavy atom. The Balaban J connectivity index is 1.77. The minimum Gasteiger partial charge on any atom is -0.378 e. The van der Waals surface area contributed by atoms with Crippen LogP contribution in [0.1, 0.15) is 17.7 Å². The van der Waals surface area contributed by atoms with E-state index in [9.17, 15) is 4.79 Å². The molecule has 1 aromatic carbocycles. The molecule has 104 valence electrons. The molecule has 0 unspecified atom stereocenters. The van der Waals surface area contributed by atoms with Crippen molar-refractivity contribution in [2.45, 2.75) is 19.4 Å². The lowest BCUT2D eigenvalue weighted by Crippen LogP contribution is -2.24. The van der Waals surface area contributed by atoms with E-state index in [0.717, 1.165) is 29.2 Å². The van der Waals surface area contributed by atoms with Gasteiger partial charge in [-0.05, 0) is 18.6 Å². The van der Waals surface area contributed by atoms with Gasteiger partial charge in [0, 0.05) is 24.0 Å². The summed E-state index contributed by atoms with van der Waals surface area (Å²) < 4.78 is 0.546. The summed E-state index contributed by atoms with van der Waals surface area (Å²) in [7, 11) is 0. The van der Waals surface area contributed by atoms with Crippen LogP contribution in [0.4, 0.5) is 11.4 Å². The molecule has 20 heavy (non-hydrogen) atoms.